The lowest BCUT2D eigenvalue weighted by atomic mass is 10.3. The summed E-state index contributed by atoms with van der Waals surface area (Å²) in [7, 11) is 0. The molecule has 2 aromatic rings. The summed E-state index contributed by atoms with van der Waals surface area (Å²) < 4.78 is 6.69. The summed E-state index contributed by atoms with van der Waals surface area (Å²) in [5.41, 5.74) is 1.67. The van der Waals surface area contributed by atoms with Gasteiger partial charge in [0.1, 0.15) is 0 Å². The number of benzene rings is 1. The Labute approximate surface area is 130 Å². The maximum absolute atomic E-state index is 10.9. The van der Waals surface area contributed by atoms with Crippen molar-refractivity contribution in [3.63, 3.8) is 0 Å². The molecule has 1 fully saturated rings. The largest absolute Gasteiger partial charge is 0.408 e. The Morgan fingerprint density at radius 2 is 1.73 bits per heavy atom. The second kappa shape index (κ2) is 8.31. The summed E-state index contributed by atoms with van der Waals surface area (Å²) in [4.78, 5) is 10.9. The van der Waals surface area contributed by atoms with Crippen molar-refractivity contribution in [2.45, 2.75) is 13.8 Å². The molecule has 0 bridgehead atoms. The molecule has 3 rings (SSSR count). The van der Waals surface area contributed by atoms with Crippen LogP contribution in [0, 0.1) is 6.92 Å². The summed E-state index contributed by atoms with van der Waals surface area (Å²) in [5, 5.41) is 10.7. The molecule has 0 unspecified atom stereocenters. The van der Waals surface area contributed by atoms with Gasteiger partial charge in [-0.2, -0.15) is 5.10 Å². The number of esters is 1. The Hall–Kier alpha value is -2.18. The van der Waals surface area contributed by atoms with Crippen LogP contribution in [0.3, 0.4) is 0 Å². The molecule has 0 saturated carbocycles. The summed E-state index contributed by atoms with van der Waals surface area (Å²) in [6.07, 6.45) is 0. The molecule has 1 aliphatic rings. The van der Waals surface area contributed by atoms with Crippen LogP contribution in [-0.2, 0) is 4.79 Å². The van der Waals surface area contributed by atoms with Gasteiger partial charge in [-0.25, -0.2) is 4.68 Å². The number of piperazine rings is 1. The topological polar surface area (TPSA) is 68.2 Å². The summed E-state index contributed by atoms with van der Waals surface area (Å²) in [6.45, 7) is 7.78. The highest BCUT2D eigenvalue weighted by atomic mass is 16.5. The van der Waals surface area contributed by atoms with Gasteiger partial charge < -0.3 is 15.4 Å². The average molecular weight is 302 g/mol. The molecule has 1 aromatic heterocycles. The standard InChI is InChI=1S/C12H12N2O2.C4H10N2/c1-9-8-12(16-10(2)15)14(13-9)11-6-4-3-5-7-11;1-2-6-4-3-5-1/h3-8H,1-2H3;5-6H,1-4H2. The third-order valence-electron chi connectivity index (χ3n) is 3.01. The molecular weight excluding hydrogens is 280 g/mol. The predicted octanol–water partition coefficient (Wildman–Crippen LogP) is 1.29. The highest BCUT2D eigenvalue weighted by Gasteiger charge is 2.09. The molecule has 2 N–H and O–H groups in total. The van der Waals surface area contributed by atoms with Gasteiger partial charge in [0.15, 0.2) is 0 Å². The van der Waals surface area contributed by atoms with E-state index in [9.17, 15) is 4.79 Å². The van der Waals surface area contributed by atoms with Crippen molar-refractivity contribution in [3.05, 3.63) is 42.1 Å². The first-order valence-electron chi connectivity index (χ1n) is 7.39. The molecule has 0 amide bonds. The number of carbonyl (C=O) groups excluding carboxylic acids is 1. The smallest absolute Gasteiger partial charge is 0.309 e. The van der Waals surface area contributed by atoms with Gasteiger partial charge in [-0.3, -0.25) is 4.79 Å². The number of rotatable bonds is 2. The van der Waals surface area contributed by atoms with Crippen molar-refractivity contribution in [2.75, 3.05) is 26.2 Å². The maximum Gasteiger partial charge on any atom is 0.309 e. The van der Waals surface area contributed by atoms with E-state index in [-0.39, 0.29) is 5.97 Å². The highest BCUT2D eigenvalue weighted by Crippen LogP contribution is 2.18. The molecule has 6 nitrogen and oxygen atoms in total. The fourth-order valence-electron chi connectivity index (χ4n) is 2.05. The second-order valence-corrected chi connectivity index (χ2v) is 4.96. The first kappa shape index (κ1) is 16.2. The van der Waals surface area contributed by atoms with Crippen LogP contribution >= 0.6 is 0 Å². The third kappa shape index (κ3) is 4.98. The average Bonchev–Trinajstić information content (AvgIpc) is 2.90. The van der Waals surface area contributed by atoms with Crippen LogP contribution in [0.25, 0.3) is 5.69 Å². The van der Waals surface area contributed by atoms with Crippen LogP contribution in [0.15, 0.2) is 36.4 Å². The summed E-state index contributed by atoms with van der Waals surface area (Å²) >= 11 is 0. The number of ether oxygens (including phenoxy) is 1. The first-order chi connectivity index (χ1) is 10.7. The van der Waals surface area contributed by atoms with E-state index in [2.05, 4.69) is 15.7 Å². The highest BCUT2D eigenvalue weighted by molar-refractivity contribution is 5.69. The first-order valence-corrected chi connectivity index (χ1v) is 7.39. The van der Waals surface area contributed by atoms with Gasteiger partial charge in [0.05, 0.1) is 11.4 Å². The van der Waals surface area contributed by atoms with Crippen LogP contribution in [0.2, 0.25) is 0 Å². The molecule has 118 valence electrons. The van der Waals surface area contributed by atoms with Gasteiger partial charge in [-0.1, -0.05) is 18.2 Å². The number of para-hydroxylation sites is 1. The van der Waals surface area contributed by atoms with E-state index in [0.29, 0.717) is 5.88 Å². The zero-order valence-corrected chi connectivity index (χ0v) is 13.0. The zero-order chi connectivity index (χ0) is 15.8. The molecule has 0 aliphatic carbocycles. The lowest BCUT2D eigenvalue weighted by molar-refractivity contribution is -0.132. The van der Waals surface area contributed by atoms with Gasteiger partial charge in [0, 0.05) is 39.2 Å². The third-order valence-corrected chi connectivity index (χ3v) is 3.01. The maximum atomic E-state index is 10.9. The Morgan fingerprint density at radius 3 is 2.23 bits per heavy atom. The summed E-state index contributed by atoms with van der Waals surface area (Å²) in [5.74, 6) is 0.0910. The Bertz CT molecular complexity index is 580. The predicted molar refractivity (Wildman–Crippen MR) is 85.3 cm³/mol. The van der Waals surface area contributed by atoms with Crippen molar-refractivity contribution in [3.8, 4) is 11.6 Å². The van der Waals surface area contributed by atoms with Crippen LogP contribution in [0.5, 0.6) is 5.88 Å². The van der Waals surface area contributed by atoms with Crippen LogP contribution in [-0.4, -0.2) is 41.9 Å². The van der Waals surface area contributed by atoms with Gasteiger partial charge in [-0.15, -0.1) is 0 Å². The van der Waals surface area contributed by atoms with Gasteiger partial charge >= 0.3 is 5.97 Å². The van der Waals surface area contributed by atoms with Gasteiger partial charge in [0.25, 0.3) is 0 Å². The van der Waals surface area contributed by atoms with Gasteiger partial charge in [-0.05, 0) is 19.1 Å². The monoisotopic (exact) mass is 302 g/mol. The molecule has 0 spiro atoms. The van der Waals surface area contributed by atoms with Gasteiger partial charge in [0.2, 0.25) is 5.88 Å². The van der Waals surface area contributed by atoms with Crippen molar-refractivity contribution in [1.29, 1.82) is 0 Å². The number of hydrogen-bond acceptors (Lipinski definition) is 5. The van der Waals surface area contributed by atoms with Crippen molar-refractivity contribution < 1.29 is 9.53 Å². The molecule has 0 radical (unpaired) electrons. The Kier molecular flexibility index (Phi) is 6.12. The molecule has 1 aliphatic heterocycles. The molecule has 2 heterocycles. The molecular formula is C16H22N4O2. The number of carbonyl (C=O) groups is 1. The summed E-state index contributed by atoms with van der Waals surface area (Å²) in [6, 6.07) is 11.3. The fourth-order valence-corrected chi connectivity index (χ4v) is 2.05. The van der Waals surface area contributed by atoms with E-state index < -0.39 is 0 Å². The minimum Gasteiger partial charge on any atom is -0.408 e. The number of hydrogen-bond donors (Lipinski definition) is 2. The minimum absolute atomic E-state index is 0.350. The zero-order valence-electron chi connectivity index (χ0n) is 13.0. The normalized spacial score (nSPS) is 13.9. The number of nitrogens with zero attached hydrogens (tertiary/aromatic N) is 2. The molecule has 1 saturated heterocycles. The van der Waals surface area contributed by atoms with Crippen molar-refractivity contribution in [1.82, 2.24) is 20.4 Å². The van der Waals surface area contributed by atoms with E-state index in [1.54, 1.807) is 10.7 Å². The van der Waals surface area contributed by atoms with E-state index in [0.717, 1.165) is 37.6 Å². The minimum atomic E-state index is -0.350. The molecule has 0 atom stereocenters. The molecule has 1 aromatic carbocycles. The SMILES string of the molecule is C1CNCCN1.CC(=O)Oc1cc(C)nn1-c1ccccc1. The van der Waals surface area contributed by atoms with Crippen LogP contribution in [0.4, 0.5) is 0 Å². The molecule has 6 heteroatoms. The van der Waals surface area contributed by atoms with E-state index in [1.165, 1.54) is 6.92 Å². The Morgan fingerprint density at radius 1 is 1.14 bits per heavy atom. The van der Waals surface area contributed by atoms with E-state index in [4.69, 9.17) is 4.74 Å². The van der Waals surface area contributed by atoms with Crippen LogP contribution < -0.4 is 15.4 Å². The van der Waals surface area contributed by atoms with Crippen LogP contribution in [0.1, 0.15) is 12.6 Å². The number of nitrogens with one attached hydrogen (secondary N) is 2. The number of aromatic nitrogens is 2. The van der Waals surface area contributed by atoms with E-state index >= 15 is 0 Å². The lowest BCUT2D eigenvalue weighted by Crippen LogP contribution is -2.39. The molecule has 22 heavy (non-hydrogen) atoms. The number of aryl methyl sites for hydroxylation is 1. The lowest BCUT2D eigenvalue weighted by Gasteiger charge is -2.11. The second-order valence-electron chi connectivity index (χ2n) is 4.96. The Balaban J connectivity index is 0.000000246. The van der Waals surface area contributed by atoms with Crippen molar-refractivity contribution >= 4 is 5.97 Å². The fraction of sp³-hybridized carbons (Fsp3) is 0.375. The van der Waals surface area contributed by atoms with E-state index in [1.807, 2.05) is 37.3 Å². The van der Waals surface area contributed by atoms with Crippen molar-refractivity contribution in [2.24, 2.45) is 0 Å². The quantitative estimate of drug-likeness (QED) is 0.818.